The van der Waals surface area contributed by atoms with E-state index in [-0.39, 0.29) is 0 Å². The molecule has 0 amide bonds. The Bertz CT molecular complexity index is 1990. The number of nitrogens with zero attached hydrogens (tertiary/aromatic N) is 5. The van der Waals surface area contributed by atoms with E-state index in [2.05, 4.69) is 222 Å². The van der Waals surface area contributed by atoms with Crippen molar-refractivity contribution in [3.8, 4) is 0 Å². The zero-order valence-electron chi connectivity index (χ0n) is 49.1. The first-order chi connectivity index (χ1) is 32.7. The Morgan fingerprint density at radius 1 is 0.400 bits per heavy atom. The molecule has 0 aliphatic rings. The van der Waals surface area contributed by atoms with Crippen molar-refractivity contribution in [3.05, 3.63) is 152 Å². The summed E-state index contributed by atoms with van der Waals surface area (Å²) < 4.78 is 7.37. The van der Waals surface area contributed by atoms with E-state index >= 15 is 0 Å². The number of aromatic nitrogens is 5. The van der Waals surface area contributed by atoms with Crippen LogP contribution in [0.2, 0.25) is 0 Å². The first-order valence-corrected chi connectivity index (χ1v) is 27.5. The van der Waals surface area contributed by atoms with Gasteiger partial charge in [0.15, 0.2) is 0 Å². The smallest absolute Gasteiger partial charge is 0.109 e. The second kappa shape index (κ2) is 31.9. The fourth-order valence-corrected chi connectivity index (χ4v) is 9.50. The second-order valence-electron chi connectivity index (χ2n) is 22.4. The number of hydrogen-bond acceptors (Lipinski definition) is 6. The fourth-order valence-electron chi connectivity index (χ4n) is 8.42. The summed E-state index contributed by atoms with van der Waals surface area (Å²) in [6, 6.07) is 12.8. The molecule has 0 bridgehead atoms. The van der Waals surface area contributed by atoms with E-state index in [0.717, 1.165) is 5.76 Å². The van der Waals surface area contributed by atoms with Crippen LogP contribution in [0.3, 0.4) is 0 Å². The first-order valence-electron chi connectivity index (χ1n) is 26.7. The van der Waals surface area contributed by atoms with E-state index in [4.69, 9.17) is 4.42 Å². The molecule has 0 aromatic carbocycles. The third-order valence-corrected chi connectivity index (χ3v) is 13.5. The Morgan fingerprint density at radius 2 is 0.857 bits per heavy atom. The zero-order chi connectivity index (χ0) is 53.6. The molecule has 6 rings (SSSR count). The molecule has 0 atom stereocenters. The Balaban J connectivity index is 0.000000420. The van der Waals surface area contributed by atoms with Gasteiger partial charge >= 0.3 is 0 Å². The van der Waals surface area contributed by atoms with Crippen LogP contribution in [0.5, 0.6) is 0 Å². The van der Waals surface area contributed by atoms with E-state index in [1.165, 1.54) is 55.9 Å². The number of rotatable bonds is 12. The molecule has 0 saturated carbocycles. The third-order valence-electron chi connectivity index (χ3n) is 12.2. The largest absolute Gasteiger partial charge is 0.469 e. The van der Waals surface area contributed by atoms with Crippen molar-refractivity contribution in [2.75, 3.05) is 0 Å². The van der Waals surface area contributed by atoms with Crippen LogP contribution in [-0.4, -0.2) is 24.7 Å². The maximum atomic E-state index is 5.39. The van der Waals surface area contributed by atoms with Gasteiger partial charge < -0.3 is 4.42 Å². The lowest BCUT2D eigenvalue weighted by molar-refractivity contribution is 0.479. The van der Waals surface area contributed by atoms with Gasteiger partial charge in [0.25, 0.3) is 0 Å². The van der Waals surface area contributed by atoms with Gasteiger partial charge in [-0.25, -0.2) is 0 Å². The molecule has 6 aromatic rings. The van der Waals surface area contributed by atoms with E-state index < -0.39 is 0 Å². The highest BCUT2D eigenvalue weighted by Gasteiger charge is 2.16. The summed E-state index contributed by atoms with van der Waals surface area (Å²) in [6.45, 7) is 53.1. The highest BCUT2D eigenvalue weighted by molar-refractivity contribution is 7.10. The van der Waals surface area contributed by atoms with Gasteiger partial charge in [0.1, 0.15) is 5.76 Å². The average molecular weight is 977 g/mol. The predicted octanol–water partition coefficient (Wildman–Crippen LogP) is 20.2. The van der Waals surface area contributed by atoms with E-state index in [1.807, 2.05) is 66.3 Å². The van der Waals surface area contributed by atoms with Gasteiger partial charge in [-0.2, -0.15) is 5.10 Å². The normalized spacial score (nSPS) is 11.3. The van der Waals surface area contributed by atoms with Crippen molar-refractivity contribution in [1.29, 1.82) is 0 Å². The molecule has 7 heteroatoms. The van der Waals surface area contributed by atoms with Gasteiger partial charge in [-0.15, -0.1) is 11.3 Å². The van der Waals surface area contributed by atoms with Crippen LogP contribution in [0.1, 0.15) is 304 Å². The van der Waals surface area contributed by atoms with E-state index in [0.29, 0.717) is 71.0 Å². The lowest BCUT2D eigenvalue weighted by atomic mass is 9.93. The van der Waals surface area contributed by atoms with Crippen LogP contribution >= 0.6 is 11.3 Å². The van der Waals surface area contributed by atoms with Gasteiger partial charge in [-0.1, -0.05) is 172 Å². The predicted molar refractivity (Wildman–Crippen MR) is 308 cm³/mol. The van der Waals surface area contributed by atoms with Crippen molar-refractivity contribution >= 4 is 11.3 Å². The van der Waals surface area contributed by atoms with Crippen LogP contribution in [0.4, 0.5) is 0 Å². The number of furan rings is 1. The third kappa shape index (κ3) is 20.8. The maximum absolute atomic E-state index is 5.39. The van der Waals surface area contributed by atoms with Crippen LogP contribution in [0.25, 0.3) is 0 Å². The lowest BCUT2D eigenvalue weighted by Crippen LogP contribution is -2.03. The van der Waals surface area contributed by atoms with Gasteiger partial charge in [-0.3, -0.25) is 19.6 Å². The minimum Gasteiger partial charge on any atom is -0.469 e. The van der Waals surface area contributed by atoms with Crippen molar-refractivity contribution in [2.45, 2.75) is 237 Å². The number of thiophene rings is 1. The van der Waals surface area contributed by atoms with Crippen molar-refractivity contribution in [3.63, 3.8) is 0 Å². The van der Waals surface area contributed by atoms with Crippen molar-refractivity contribution in [2.24, 2.45) is 7.05 Å². The Kier molecular flexibility index (Phi) is 29.0. The average Bonchev–Trinajstić information content (AvgIpc) is 4.09. The standard InChI is InChI=1S/3C11H17N.C10H18N2.C10H16O.C10H16S/c2*1-8(2)10-5-6-12-7-11(10)9(3)4;1-8(2)10-6-5-7-12-11(10)9(3)4;1-7(2)9-6-11-12(5)10(9)8(3)4;2*1-7(2)9-5-6-11-10(9)8(3)4/h3*5-9H,1-4H3;6-8H,1-5H3;2*5-8H,1-4H3. The number of aryl methyl sites for hydroxylation is 1. The van der Waals surface area contributed by atoms with Crippen molar-refractivity contribution in [1.82, 2.24) is 24.7 Å². The summed E-state index contributed by atoms with van der Waals surface area (Å²) in [5.41, 5.74) is 13.9. The molecule has 0 radical (unpaired) electrons. The second-order valence-corrected chi connectivity index (χ2v) is 23.4. The van der Waals surface area contributed by atoms with E-state index in [9.17, 15) is 0 Å². The molecule has 0 spiro atoms. The highest BCUT2D eigenvalue weighted by Crippen LogP contribution is 2.31. The molecule has 0 aliphatic heterocycles. The van der Waals surface area contributed by atoms with Gasteiger partial charge in [-0.05, 0) is 145 Å². The van der Waals surface area contributed by atoms with Gasteiger partial charge in [0.2, 0.25) is 0 Å². The summed E-state index contributed by atoms with van der Waals surface area (Å²) in [5, 5.41) is 6.47. The quantitative estimate of drug-likeness (QED) is 0.122. The molecule has 0 N–H and O–H groups in total. The summed E-state index contributed by atoms with van der Waals surface area (Å²) in [5.74, 6) is 8.20. The molecule has 0 aliphatic carbocycles. The molecule has 6 nitrogen and oxygen atoms in total. The Labute approximate surface area is 434 Å². The number of hydrogen-bond donors (Lipinski definition) is 0. The molecular formula is C63H101N5OS. The topological polar surface area (TPSA) is 69.6 Å². The van der Waals surface area contributed by atoms with Gasteiger partial charge in [0, 0.05) is 60.2 Å². The molecular weight excluding hydrogens is 875 g/mol. The molecule has 390 valence electrons. The SMILES string of the molecule is CC(C)c1cccnc1C(C)C.CC(C)c1ccncc1C(C)C.CC(C)c1ccncc1C(C)C.CC(C)c1ccoc1C(C)C.CC(C)c1ccsc1C(C)C.CC(C)c1cnn(C)c1C(C)C. The summed E-state index contributed by atoms with van der Waals surface area (Å²) in [4.78, 5) is 14.3. The Hall–Kier alpha value is -4.36. The Morgan fingerprint density at radius 3 is 1.17 bits per heavy atom. The van der Waals surface area contributed by atoms with Crippen LogP contribution in [0.15, 0.2) is 89.6 Å². The number of pyridine rings is 3. The molecule has 0 unspecified atom stereocenters. The molecule has 70 heavy (non-hydrogen) atoms. The van der Waals surface area contributed by atoms with Crippen molar-refractivity contribution < 1.29 is 4.42 Å². The lowest BCUT2D eigenvalue weighted by Gasteiger charge is -2.14. The van der Waals surface area contributed by atoms with E-state index in [1.54, 1.807) is 11.1 Å². The maximum Gasteiger partial charge on any atom is 0.109 e. The summed E-state index contributed by atoms with van der Waals surface area (Å²) in [7, 11) is 2.02. The minimum atomic E-state index is 0.502. The summed E-state index contributed by atoms with van der Waals surface area (Å²) >= 11 is 1.89. The summed E-state index contributed by atoms with van der Waals surface area (Å²) in [6.07, 6.45) is 13.4. The highest BCUT2D eigenvalue weighted by atomic mass is 32.1. The molecule has 0 saturated heterocycles. The molecule has 0 fully saturated rings. The monoisotopic (exact) mass is 976 g/mol. The van der Waals surface area contributed by atoms with Crippen LogP contribution in [-0.2, 0) is 7.05 Å². The zero-order valence-corrected chi connectivity index (χ0v) is 49.9. The minimum absolute atomic E-state index is 0.502. The van der Waals surface area contributed by atoms with Gasteiger partial charge in [0.05, 0.1) is 12.5 Å². The van der Waals surface area contributed by atoms with Crippen LogP contribution < -0.4 is 0 Å². The van der Waals surface area contributed by atoms with Crippen LogP contribution in [0, 0.1) is 0 Å². The molecule has 6 aromatic heterocycles. The molecule has 6 heterocycles. The first kappa shape index (κ1) is 63.7. The fraction of sp³-hybridized carbons (Fsp3) is 0.587.